The summed E-state index contributed by atoms with van der Waals surface area (Å²) in [7, 11) is 0. The Kier molecular flexibility index (Phi) is 1.93. The first-order chi connectivity index (χ1) is 6.25. The van der Waals surface area contributed by atoms with Crippen molar-refractivity contribution in [1.82, 2.24) is 19.8 Å². The van der Waals surface area contributed by atoms with Gasteiger partial charge >= 0.3 is 0 Å². The molecule has 0 saturated carbocycles. The Morgan fingerprint density at radius 1 is 1.62 bits per heavy atom. The van der Waals surface area contributed by atoms with Crippen molar-refractivity contribution in [3.05, 3.63) is 6.33 Å². The van der Waals surface area contributed by atoms with Crippen LogP contribution in [0.15, 0.2) is 11.4 Å². The summed E-state index contributed by atoms with van der Waals surface area (Å²) >= 11 is 1.41. The maximum Gasteiger partial charge on any atom is 0.236 e. The van der Waals surface area contributed by atoms with E-state index in [0.717, 1.165) is 10.7 Å². The fourth-order valence-corrected chi connectivity index (χ4v) is 1.43. The lowest BCUT2D eigenvalue weighted by atomic mass is 10.5. The first-order valence-electron chi connectivity index (χ1n) is 3.69. The SMILES string of the molecule is CC(C)=NNc1nn2cnnc2s1. The van der Waals surface area contributed by atoms with E-state index in [0.29, 0.717) is 5.13 Å². The average molecular weight is 196 g/mol. The van der Waals surface area contributed by atoms with Crippen molar-refractivity contribution in [2.75, 3.05) is 5.43 Å². The molecule has 0 aromatic carbocycles. The first-order valence-corrected chi connectivity index (χ1v) is 4.51. The fraction of sp³-hybridized carbons (Fsp3) is 0.333. The van der Waals surface area contributed by atoms with Gasteiger partial charge in [0.05, 0.1) is 0 Å². The fourth-order valence-electron chi connectivity index (χ4n) is 0.765. The van der Waals surface area contributed by atoms with E-state index >= 15 is 0 Å². The maximum absolute atomic E-state index is 4.14. The van der Waals surface area contributed by atoms with Gasteiger partial charge in [-0.2, -0.15) is 9.62 Å². The Bertz CT molecular complexity index is 408. The van der Waals surface area contributed by atoms with Gasteiger partial charge in [0, 0.05) is 5.71 Å². The van der Waals surface area contributed by atoms with E-state index in [-0.39, 0.29) is 0 Å². The summed E-state index contributed by atoms with van der Waals surface area (Å²) in [5.74, 6) is 0. The Hall–Kier alpha value is -1.50. The number of anilines is 1. The van der Waals surface area contributed by atoms with Gasteiger partial charge in [0.25, 0.3) is 0 Å². The third kappa shape index (κ3) is 1.64. The normalized spacial score (nSPS) is 10.3. The number of nitrogens with one attached hydrogen (secondary N) is 1. The topological polar surface area (TPSA) is 67.5 Å². The number of hydrogen-bond donors (Lipinski definition) is 1. The van der Waals surface area contributed by atoms with Crippen molar-refractivity contribution in [3.63, 3.8) is 0 Å². The molecule has 2 aromatic heterocycles. The third-order valence-electron chi connectivity index (χ3n) is 1.26. The Morgan fingerprint density at radius 2 is 2.46 bits per heavy atom. The van der Waals surface area contributed by atoms with Crippen molar-refractivity contribution in [2.45, 2.75) is 13.8 Å². The zero-order chi connectivity index (χ0) is 9.26. The number of nitrogens with zero attached hydrogens (tertiary/aromatic N) is 5. The molecule has 0 aliphatic carbocycles. The van der Waals surface area contributed by atoms with Crippen LogP contribution >= 0.6 is 11.3 Å². The molecule has 6 nitrogen and oxygen atoms in total. The zero-order valence-electron chi connectivity index (χ0n) is 7.22. The van der Waals surface area contributed by atoms with E-state index in [1.807, 2.05) is 13.8 Å². The van der Waals surface area contributed by atoms with Crippen molar-refractivity contribution < 1.29 is 0 Å². The van der Waals surface area contributed by atoms with Crippen LogP contribution in [0.3, 0.4) is 0 Å². The minimum Gasteiger partial charge on any atom is -0.251 e. The molecule has 0 aliphatic rings. The molecule has 0 unspecified atom stereocenters. The molecule has 0 aliphatic heterocycles. The van der Waals surface area contributed by atoms with E-state index in [9.17, 15) is 0 Å². The van der Waals surface area contributed by atoms with E-state index in [2.05, 4.69) is 25.8 Å². The summed E-state index contributed by atoms with van der Waals surface area (Å²) in [6, 6.07) is 0. The summed E-state index contributed by atoms with van der Waals surface area (Å²) in [5.41, 5.74) is 3.78. The van der Waals surface area contributed by atoms with Gasteiger partial charge in [0.15, 0.2) is 0 Å². The highest BCUT2D eigenvalue weighted by molar-refractivity contribution is 7.20. The number of aromatic nitrogens is 4. The third-order valence-corrected chi connectivity index (χ3v) is 2.08. The molecule has 13 heavy (non-hydrogen) atoms. The van der Waals surface area contributed by atoms with Crippen molar-refractivity contribution in [2.24, 2.45) is 5.10 Å². The minimum absolute atomic E-state index is 0.714. The van der Waals surface area contributed by atoms with Crippen LogP contribution in [0.1, 0.15) is 13.8 Å². The lowest BCUT2D eigenvalue weighted by Crippen LogP contribution is -1.93. The molecule has 2 rings (SSSR count). The number of hydrazone groups is 1. The monoisotopic (exact) mass is 196 g/mol. The lowest BCUT2D eigenvalue weighted by molar-refractivity contribution is 0.953. The molecule has 0 amide bonds. The van der Waals surface area contributed by atoms with Crippen LogP contribution in [-0.2, 0) is 0 Å². The van der Waals surface area contributed by atoms with E-state index in [1.54, 1.807) is 10.8 Å². The van der Waals surface area contributed by atoms with Crippen LogP contribution in [0.5, 0.6) is 0 Å². The second kappa shape index (κ2) is 3.09. The van der Waals surface area contributed by atoms with Gasteiger partial charge < -0.3 is 0 Å². The standard InChI is InChI=1S/C6H8N6S/c1-4(2)8-9-5-11-12-3-7-10-6(12)13-5/h3H,1-2H3,(H,9,11). The highest BCUT2D eigenvalue weighted by atomic mass is 32.1. The van der Waals surface area contributed by atoms with Gasteiger partial charge in [-0.3, -0.25) is 5.43 Å². The highest BCUT2D eigenvalue weighted by Gasteiger charge is 2.02. The predicted molar refractivity (Wildman–Crippen MR) is 51.1 cm³/mol. The Balaban J connectivity index is 2.25. The molecule has 0 fully saturated rings. The molecule has 0 spiro atoms. The molecular formula is C6H8N6S. The van der Waals surface area contributed by atoms with Crippen molar-refractivity contribution in [3.8, 4) is 0 Å². The number of rotatable bonds is 2. The number of hydrogen-bond acceptors (Lipinski definition) is 6. The summed E-state index contributed by atoms with van der Waals surface area (Å²) < 4.78 is 1.60. The van der Waals surface area contributed by atoms with Gasteiger partial charge in [0.2, 0.25) is 10.1 Å². The summed E-state index contributed by atoms with van der Waals surface area (Å²) in [6.45, 7) is 3.82. The zero-order valence-corrected chi connectivity index (χ0v) is 8.04. The van der Waals surface area contributed by atoms with E-state index in [1.165, 1.54) is 11.3 Å². The quantitative estimate of drug-likeness (QED) is 0.574. The van der Waals surface area contributed by atoms with Gasteiger partial charge in [-0.25, -0.2) is 0 Å². The lowest BCUT2D eigenvalue weighted by Gasteiger charge is -1.91. The van der Waals surface area contributed by atoms with Gasteiger partial charge in [0.1, 0.15) is 6.33 Å². The molecule has 0 saturated heterocycles. The van der Waals surface area contributed by atoms with Crippen molar-refractivity contribution >= 4 is 27.1 Å². The van der Waals surface area contributed by atoms with Crippen LogP contribution < -0.4 is 5.43 Å². The van der Waals surface area contributed by atoms with E-state index < -0.39 is 0 Å². The van der Waals surface area contributed by atoms with E-state index in [4.69, 9.17) is 0 Å². The molecule has 2 heterocycles. The Morgan fingerprint density at radius 3 is 3.15 bits per heavy atom. The largest absolute Gasteiger partial charge is 0.251 e. The minimum atomic E-state index is 0.714. The molecule has 7 heteroatoms. The van der Waals surface area contributed by atoms with Crippen LogP contribution in [-0.4, -0.2) is 25.5 Å². The van der Waals surface area contributed by atoms with Gasteiger partial charge in [-0.05, 0) is 13.8 Å². The second-order valence-electron chi connectivity index (χ2n) is 2.64. The molecule has 0 radical (unpaired) electrons. The average Bonchev–Trinajstić information content (AvgIpc) is 2.58. The van der Waals surface area contributed by atoms with Crippen LogP contribution in [0.2, 0.25) is 0 Å². The van der Waals surface area contributed by atoms with Crippen LogP contribution in [0.25, 0.3) is 4.96 Å². The molecule has 0 atom stereocenters. The summed E-state index contributed by atoms with van der Waals surface area (Å²) in [4.78, 5) is 0.756. The molecular weight excluding hydrogens is 188 g/mol. The van der Waals surface area contributed by atoms with Gasteiger partial charge in [-0.1, -0.05) is 11.3 Å². The second-order valence-corrected chi connectivity index (χ2v) is 3.59. The molecule has 68 valence electrons. The van der Waals surface area contributed by atoms with Crippen molar-refractivity contribution in [1.29, 1.82) is 0 Å². The van der Waals surface area contributed by atoms with Gasteiger partial charge in [-0.15, -0.1) is 15.3 Å². The summed E-state index contributed by atoms with van der Waals surface area (Å²) in [5, 5.41) is 16.4. The molecule has 1 N–H and O–H groups in total. The highest BCUT2D eigenvalue weighted by Crippen LogP contribution is 2.16. The smallest absolute Gasteiger partial charge is 0.236 e. The van der Waals surface area contributed by atoms with Crippen LogP contribution in [0.4, 0.5) is 5.13 Å². The predicted octanol–water partition coefficient (Wildman–Crippen LogP) is 0.993. The molecule has 2 aromatic rings. The summed E-state index contributed by atoms with van der Waals surface area (Å²) in [6.07, 6.45) is 1.56. The van der Waals surface area contributed by atoms with Crippen LogP contribution in [0, 0.1) is 0 Å². The maximum atomic E-state index is 4.14. The number of fused-ring (bicyclic) bond motifs is 1. The molecule has 0 bridgehead atoms. The first kappa shape index (κ1) is 8.11. The Labute approximate surface area is 78.3 Å².